The van der Waals surface area contributed by atoms with Crippen molar-refractivity contribution in [2.75, 3.05) is 38.6 Å². The van der Waals surface area contributed by atoms with Gasteiger partial charge in [-0.25, -0.2) is 4.79 Å². The summed E-state index contributed by atoms with van der Waals surface area (Å²) in [6, 6.07) is 7.94. The molecule has 0 unspecified atom stereocenters. The summed E-state index contributed by atoms with van der Waals surface area (Å²) < 4.78 is 5.24. The lowest BCUT2D eigenvalue weighted by Gasteiger charge is -2.36. The summed E-state index contributed by atoms with van der Waals surface area (Å²) in [5.41, 5.74) is 0.714. The van der Waals surface area contributed by atoms with E-state index in [1.165, 1.54) is 0 Å². The molecule has 0 aliphatic carbocycles. The molecule has 20 heavy (non-hydrogen) atoms. The van der Waals surface area contributed by atoms with Crippen LogP contribution in [0.2, 0.25) is 0 Å². The Kier molecular flexibility index (Phi) is 4.84. The molecule has 1 aromatic rings. The maximum Gasteiger partial charge on any atom is 0.322 e. The molecule has 1 aliphatic heterocycles. The number of carbonyl (C=O) groups excluding carboxylic acids is 1. The van der Waals surface area contributed by atoms with Gasteiger partial charge in [-0.2, -0.15) is 0 Å². The second-order valence-electron chi connectivity index (χ2n) is 5.25. The van der Waals surface area contributed by atoms with Gasteiger partial charge in [0.25, 0.3) is 0 Å². The van der Waals surface area contributed by atoms with Gasteiger partial charge in [-0.15, -0.1) is 0 Å². The Bertz CT molecular complexity index is 454. The van der Waals surface area contributed by atoms with E-state index >= 15 is 0 Å². The van der Waals surface area contributed by atoms with Crippen molar-refractivity contribution in [2.24, 2.45) is 0 Å². The van der Waals surface area contributed by atoms with Gasteiger partial charge in [0.1, 0.15) is 5.75 Å². The zero-order valence-corrected chi connectivity index (χ0v) is 12.4. The molecule has 1 aliphatic rings. The van der Waals surface area contributed by atoms with Gasteiger partial charge in [0.2, 0.25) is 0 Å². The van der Waals surface area contributed by atoms with Crippen LogP contribution in [0.1, 0.15) is 13.8 Å². The normalized spacial score (nSPS) is 16.3. The molecule has 1 fully saturated rings. The Morgan fingerprint density at radius 2 is 1.85 bits per heavy atom. The first-order valence-corrected chi connectivity index (χ1v) is 7.05. The van der Waals surface area contributed by atoms with Gasteiger partial charge in [-0.1, -0.05) is 12.1 Å². The lowest BCUT2D eigenvalue weighted by Crippen LogP contribution is -2.51. The van der Waals surface area contributed by atoms with E-state index in [9.17, 15) is 4.79 Å². The highest BCUT2D eigenvalue weighted by Gasteiger charge is 2.22. The van der Waals surface area contributed by atoms with E-state index in [0.717, 1.165) is 26.2 Å². The van der Waals surface area contributed by atoms with Crippen LogP contribution in [0.25, 0.3) is 0 Å². The number of urea groups is 1. The number of hydrogen-bond acceptors (Lipinski definition) is 3. The Labute approximate surface area is 120 Å². The zero-order valence-electron chi connectivity index (χ0n) is 12.4. The number of methoxy groups -OCH3 is 1. The number of carbonyl (C=O) groups is 1. The maximum atomic E-state index is 12.3. The fourth-order valence-corrected chi connectivity index (χ4v) is 2.38. The molecule has 110 valence electrons. The smallest absolute Gasteiger partial charge is 0.322 e. The molecule has 0 bridgehead atoms. The van der Waals surface area contributed by atoms with E-state index in [-0.39, 0.29) is 6.03 Å². The van der Waals surface area contributed by atoms with E-state index in [0.29, 0.717) is 17.5 Å². The third kappa shape index (κ3) is 3.42. The summed E-state index contributed by atoms with van der Waals surface area (Å²) in [5.74, 6) is 0.682. The Morgan fingerprint density at radius 1 is 1.20 bits per heavy atom. The molecule has 1 saturated heterocycles. The first kappa shape index (κ1) is 14.7. The number of hydrogen-bond donors (Lipinski definition) is 1. The second-order valence-corrected chi connectivity index (χ2v) is 5.25. The summed E-state index contributed by atoms with van der Waals surface area (Å²) in [7, 11) is 1.60. The van der Waals surface area contributed by atoms with Crippen molar-refractivity contribution >= 4 is 11.7 Å². The monoisotopic (exact) mass is 277 g/mol. The summed E-state index contributed by atoms with van der Waals surface area (Å²) in [6.45, 7) is 7.75. The molecule has 0 aromatic heterocycles. The van der Waals surface area contributed by atoms with E-state index in [1.54, 1.807) is 7.11 Å². The molecule has 0 saturated carbocycles. The van der Waals surface area contributed by atoms with Crippen molar-refractivity contribution in [3.63, 3.8) is 0 Å². The molecule has 1 N–H and O–H groups in total. The maximum absolute atomic E-state index is 12.3. The fraction of sp³-hybridized carbons (Fsp3) is 0.533. The van der Waals surface area contributed by atoms with Crippen molar-refractivity contribution in [1.82, 2.24) is 9.80 Å². The Morgan fingerprint density at radius 3 is 2.45 bits per heavy atom. The number of nitrogens with zero attached hydrogens (tertiary/aromatic N) is 2. The minimum Gasteiger partial charge on any atom is -0.495 e. The molecule has 5 heteroatoms. The number of rotatable bonds is 3. The summed E-state index contributed by atoms with van der Waals surface area (Å²) in [5, 5.41) is 2.92. The Balaban J connectivity index is 1.93. The summed E-state index contributed by atoms with van der Waals surface area (Å²) >= 11 is 0. The molecule has 2 rings (SSSR count). The highest BCUT2D eigenvalue weighted by atomic mass is 16.5. The van der Waals surface area contributed by atoms with Gasteiger partial charge in [-0.3, -0.25) is 4.90 Å². The average molecular weight is 277 g/mol. The average Bonchev–Trinajstić information content (AvgIpc) is 2.48. The first-order valence-electron chi connectivity index (χ1n) is 7.05. The highest BCUT2D eigenvalue weighted by Crippen LogP contribution is 2.23. The van der Waals surface area contributed by atoms with E-state index in [4.69, 9.17) is 4.74 Å². The number of para-hydroxylation sites is 2. The number of anilines is 1. The van der Waals surface area contributed by atoms with Gasteiger partial charge in [0.15, 0.2) is 0 Å². The lowest BCUT2D eigenvalue weighted by atomic mass is 10.2. The molecule has 0 radical (unpaired) electrons. The van der Waals surface area contributed by atoms with Crippen LogP contribution in [-0.2, 0) is 0 Å². The molecule has 0 atom stereocenters. The standard InChI is InChI=1S/C15H23N3O2/c1-12(2)17-8-10-18(11-9-17)15(19)16-13-6-4-5-7-14(13)20-3/h4-7,12H,8-11H2,1-3H3,(H,16,19). The zero-order chi connectivity index (χ0) is 14.5. The van der Waals surface area contributed by atoms with Crippen LogP contribution in [0.3, 0.4) is 0 Å². The molecule has 2 amide bonds. The van der Waals surface area contributed by atoms with Crippen LogP contribution in [0.4, 0.5) is 10.5 Å². The number of piperazine rings is 1. The minimum absolute atomic E-state index is 0.0575. The molecular formula is C15H23N3O2. The third-order valence-corrected chi connectivity index (χ3v) is 3.68. The predicted molar refractivity (Wildman–Crippen MR) is 80.3 cm³/mol. The second kappa shape index (κ2) is 6.61. The largest absolute Gasteiger partial charge is 0.495 e. The number of nitrogens with one attached hydrogen (secondary N) is 1. The van der Waals surface area contributed by atoms with Crippen LogP contribution < -0.4 is 10.1 Å². The number of ether oxygens (including phenoxy) is 1. The van der Waals surface area contributed by atoms with Crippen molar-refractivity contribution in [3.8, 4) is 5.75 Å². The van der Waals surface area contributed by atoms with Crippen molar-refractivity contribution in [3.05, 3.63) is 24.3 Å². The van der Waals surface area contributed by atoms with E-state index in [2.05, 4.69) is 24.1 Å². The molecular weight excluding hydrogens is 254 g/mol. The van der Waals surface area contributed by atoms with Crippen LogP contribution in [0, 0.1) is 0 Å². The molecule has 5 nitrogen and oxygen atoms in total. The SMILES string of the molecule is COc1ccccc1NC(=O)N1CCN(C(C)C)CC1. The Hall–Kier alpha value is -1.75. The lowest BCUT2D eigenvalue weighted by molar-refractivity contribution is 0.125. The van der Waals surface area contributed by atoms with Crippen LogP contribution in [-0.4, -0.2) is 55.2 Å². The number of benzene rings is 1. The van der Waals surface area contributed by atoms with Gasteiger partial charge in [-0.05, 0) is 26.0 Å². The molecule has 0 spiro atoms. The first-order chi connectivity index (χ1) is 9.61. The highest BCUT2D eigenvalue weighted by molar-refractivity contribution is 5.91. The van der Waals surface area contributed by atoms with Gasteiger partial charge in [0.05, 0.1) is 12.8 Å². The summed E-state index contributed by atoms with van der Waals surface area (Å²) in [4.78, 5) is 16.5. The van der Waals surface area contributed by atoms with E-state index < -0.39 is 0 Å². The topological polar surface area (TPSA) is 44.8 Å². The van der Waals surface area contributed by atoms with Crippen molar-refractivity contribution in [2.45, 2.75) is 19.9 Å². The van der Waals surface area contributed by atoms with Crippen LogP contribution >= 0.6 is 0 Å². The van der Waals surface area contributed by atoms with Crippen LogP contribution in [0.15, 0.2) is 24.3 Å². The van der Waals surface area contributed by atoms with Gasteiger partial charge < -0.3 is 15.0 Å². The van der Waals surface area contributed by atoms with Gasteiger partial charge >= 0.3 is 6.03 Å². The molecule has 1 heterocycles. The number of amides is 2. The van der Waals surface area contributed by atoms with Gasteiger partial charge in [0, 0.05) is 32.2 Å². The minimum atomic E-state index is -0.0575. The van der Waals surface area contributed by atoms with Crippen LogP contribution in [0.5, 0.6) is 5.75 Å². The van der Waals surface area contributed by atoms with Crippen molar-refractivity contribution in [1.29, 1.82) is 0 Å². The van der Waals surface area contributed by atoms with Crippen molar-refractivity contribution < 1.29 is 9.53 Å². The summed E-state index contributed by atoms with van der Waals surface area (Å²) in [6.07, 6.45) is 0. The third-order valence-electron chi connectivity index (χ3n) is 3.68. The fourth-order valence-electron chi connectivity index (χ4n) is 2.38. The predicted octanol–water partition coefficient (Wildman–Crippen LogP) is 2.25. The van der Waals surface area contributed by atoms with E-state index in [1.807, 2.05) is 29.2 Å². The molecule has 1 aromatic carbocycles. The quantitative estimate of drug-likeness (QED) is 0.921.